The van der Waals surface area contributed by atoms with Crippen molar-refractivity contribution < 1.29 is 19.4 Å². The highest BCUT2D eigenvalue weighted by molar-refractivity contribution is 9.10. The largest absolute Gasteiger partial charge is 0.480 e. The van der Waals surface area contributed by atoms with Crippen LogP contribution in [0.4, 0.5) is 0 Å². The Balaban J connectivity index is 2.42. The second kappa shape index (κ2) is 6.60. The number of benzene rings is 1. The third-order valence-corrected chi connectivity index (χ3v) is 4.85. The highest BCUT2D eigenvalue weighted by Gasteiger charge is 2.54. The van der Waals surface area contributed by atoms with Crippen LogP contribution in [0.25, 0.3) is 0 Å². The second-order valence-corrected chi connectivity index (χ2v) is 6.47. The average Bonchev–Trinajstić information content (AvgIpc) is 2.98. The Hall–Kier alpha value is -1.36. The number of carbonyl (C=O) groups excluding carboxylic acids is 1. The van der Waals surface area contributed by atoms with Gasteiger partial charge in [0.2, 0.25) is 0 Å². The molecule has 1 aliphatic carbocycles. The van der Waals surface area contributed by atoms with Crippen molar-refractivity contribution in [1.29, 1.82) is 0 Å². The van der Waals surface area contributed by atoms with Crippen LogP contribution in [0.5, 0.6) is 0 Å². The first-order chi connectivity index (χ1) is 10.0. The summed E-state index contributed by atoms with van der Waals surface area (Å²) in [4.78, 5) is 24.3. The Kier molecular flexibility index (Phi) is 5.04. The van der Waals surface area contributed by atoms with Crippen molar-refractivity contribution in [2.24, 2.45) is 11.3 Å². The Labute approximate surface area is 132 Å². The van der Waals surface area contributed by atoms with Crippen LogP contribution >= 0.6 is 15.9 Å². The van der Waals surface area contributed by atoms with Crippen molar-refractivity contribution in [1.82, 2.24) is 0 Å². The summed E-state index contributed by atoms with van der Waals surface area (Å²) in [5, 5.41) is 9.80. The van der Waals surface area contributed by atoms with E-state index in [1.165, 1.54) is 7.11 Å². The van der Waals surface area contributed by atoms with Crippen LogP contribution in [-0.2, 0) is 20.7 Å². The van der Waals surface area contributed by atoms with Crippen molar-refractivity contribution in [2.75, 3.05) is 7.11 Å². The van der Waals surface area contributed by atoms with E-state index in [2.05, 4.69) is 15.9 Å². The minimum atomic E-state index is -1.48. The number of carbonyl (C=O) groups is 2. The van der Waals surface area contributed by atoms with Gasteiger partial charge in [0.25, 0.3) is 0 Å². The number of halogens is 1. The summed E-state index contributed by atoms with van der Waals surface area (Å²) in [5.74, 6) is -1.88. The molecule has 0 spiro atoms. The summed E-state index contributed by atoms with van der Waals surface area (Å²) in [6, 6.07) is 7.42. The molecule has 2 rings (SSSR count). The predicted molar refractivity (Wildman–Crippen MR) is 81.9 cm³/mol. The van der Waals surface area contributed by atoms with Crippen molar-refractivity contribution in [2.45, 2.75) is 32.1 Å². The molecule has 21 heavy (non-hydrogen) atoms. The lowest BCUT2D eigenvalue weighted by Gasteiger charge is -2.32. The van der Waals surface area contributed by atoms with Crippen molar-refractivity contribution in [3.8, 4) is 0 Å². The molecule has 1 saturated carbocycles. The lowest BCUT2D eigenvalue weighted by Crippen LogP contribution is -2.47. The number of esters is 1. The van der Waals surface area contributed by atoms with E-state index in [-0.39, 0.29) is 12.3 Å². The lowest BCUT2D eigenvalue weighted by molar-refractivity contribution is -0.171. The van der Waals surface area contributed by atoms with Crippen LogP contribution in [0.1, 0.15) is 31.2 Å². The molecule has 0 amide bonds. The zero-order valence-corrected chi connectivity index (χ0v) is 13.6. The van der Waals surface area contributed by atoms with Gasteiger partial charge in [-0.2, -0.15) is 0 Å². The monoisotopic (exact) mass is 354 g/mol. The molecule has 1 aromatic carbocycles. The zero-order chi connectivity index (χ0) is 15.5. The van der Waals surface area contributed by atoms with E-state index in [0.29, 0.717) is 0 Å². The zero-order valence-electron chi connectivity index (χ0n) is 12.0. The first kappa shape index (κ1) is 16.0. The number of hydrogen-bond acceptors (Lipinski definition) is 3. The van der Waals surface area contributed by atoms with E-state index < -0.39 is 17.4 Å². The summed E-state index contributed by atoms with van der Waals surface area (Å²) in [7, 11) is 1.26. The number of carboxylic acids is 1. The van der Waals surface area contributed by atoms with Gasteiger partial charge in [0, 0.05) is 4.47 Å². The first-order valence-electron chi connectivity index (χ1n) is 7.07. The third kappa shape index (κ3) is 3.12. The van der Waals surface area contributed by atoms with Crippen LogP contribution in [0.15, 0.2) is 28.7 Å². The van der Waals surface area contributed by atoms with Crippen LogP contribution in [0, 0.1) is 11.3 Å². The molecule has 0 saturated heterocycles. The molecule has 0 bridgehead atoms. The van der Waals surface area contributed by atoms with E-state index in [9.17, 15) is 14.7 Å². The summed E-state index contributed by atoms with van der Waals surface area (Å²) >= 11 is 3.38. The quantitative estimate of drug-likeness (QED) is 0.649. The molecule has 0 heterocycles. The van der Waals surface area contributed by atoms with Gasteiger partial charge in [0.1, 0.15) is 0 Å². The molecule has 0 aromatic heterocycles. The van der Waals surface area contributed by atoms with Crippen LogP contribution in [0.3, 0.4) is 0 Å². The number of methoxy groups -OCH3 is 1. The maximum absolute atomic E-state index is 12.3. The molecule has 0 aliphatic heterocycles. The van der Waals surface area contributed by atoms with Gasteiger partial charge in [-0.15, -0.1) is 0 Å². The molecule has 114 valence electrons. The highest BCUT2D eigenvalue weighted by Crippen LogP contribution is 2.43. The molecule has 1 atom stereocenters. The van der Waals surface area contributed by atoms with Gasteiger partial charge in [-0.1, -0.05) is 40.9 Å². The highest BCUT2D eigenvalue weighted by atomic mass is 79.9. The van der Waals surface area contributed by atoms with Crippen LogP contribution in [-0.4, -0.2) is 24.2 Å². The Morgan fingerprint density at radius 3 is 2.57 bits per heavy atom. The molecule has 1 N–H and O–H groups in total. The summed E-state index contributed by atoms with van der Waals surface area (Å²) < 4.78 is 5.73. The molecule has 1 fully saturated rings. The summed E-state index contributed by atoms with van der Waals surface area (Å²) in [6.45, 7) is 0. The van der Waals surface area contributed by atoms with E-state index in [1.54, 1.807) is 0 Å². The van der Waals surface area contributed by atoms with Gasteiger partial charge >= 0.3 is 11.9 Å². The fourth-order valence-corrected chi connectivity index (χ4v) is 3.74. The van der Waals surface area contributed by atoms with Gasteiger partial charge in [-0.25, -0.2) is 0 Å². The minimum Gasteiger partial charge on any atom is -0.480 e. The smallest absolute Gasteiger partial charge is 0.323 e. The first-order valence-corrected chi connectivity index (χ1v) is 7.86. The lowest BCUT2D eigenvalue weighted by atomic mass is 9.70. The SMILES string of the molecule is COC(=O)C(Cc1cccc(Br)c1)(C(=O)O)C1CCCC1. The normalized spacial score (nSPS) is 18.2. The predicted octanol–water partition coefficient (Wildman–Crippen LogP) is 3.43. The second-order valence-electron chi connectivity index (χ2n) is 5.56. The maximum Gasteiger partial charge on any atom is 0.323 e. The number of hydrogen-bond donors (Lipinski definition) is 1. The van der Waals surface area contributed by atoms with Crippen molar-refractivity contribution in [3.05, 3.63) is 34.3 Å². The molecule has 1 unspecified atom stereocenters. The van der Waals surface area contributed by atoms with Gasteiger partial charge in [0.05, 0.1) is 7.11 Å². The van der Waals surface area contributed by atoms with Crippen LogP contribution < -0.4 is 0 Å². The van der Waals surface area contributed by atoms with Gasteiger partial charge in [-0.05, 0) is 42.9 Å². The fourth-order valence-electron chi connectivity index (χ4n) is 3.29. The summed E-state index contributed by atoms with van der Waals surface area (Å²) in [6.07, 6.45) is 3.62. The number of rotatable bonds is 5. The standard InChI is InChI=1S/C16H19BrO4/c1-21-15(20)16(14(18)19,12-6-2-3-7-12)10-11-5-4-8-13(17)9-11/h4-5,8-9,12H,2-3,6-7,10H2,1H3,(H,18,19). The van der Waals surface area contributed by atoms with E-state index in [1.807, 2.05) is 24.3 Å². The molecule has 4 nitrogen and oxygen atoms in total. The molecule has 1 aliphatic rings. The van der Waals surface area contributed by atoms with Crippen LogP contribution in [0.2, 0.25) is 0 Å². The maximum atomic E-state index is 12.3. The summed E-state index contributed by atoms with van der Waals surface area (Å²) in [5.41, 5.74) is -0.657. The Bertz CT molecular complexity index is 537. The number of ether oxygens (including phenoxy) is 1. The number of aliphatic carboxylic acids is 1. The van der Waals surface area contributed by atoms with Crippen molar-refractivity contribution >= 4 is 27.9 Å². The minimum absolute atomic E-state index is 0.165. The van der Waals surface area contributed by atoms with Gasteiger partial charge in [-0.3, -0.25) is 9.59 Å². The molecule has 1 aromatic rings. The van der Waals surface area contributed by atoms with E-state index >= 15 is 0 Å². The number of carboxylic acid groups (broad SMARTS) is 1. The third-order valence-electron chi connectivity index (χ3n) is 4.36. The fraction of sp³-hybridized carbons (Fsp3) is 0.500. The molecular formula is C16H19BrO4. The molecule has 5 heteroatoms. The van der Waals surface area contributed by atoms with E-state index in [0.717, 1.165) is 35.7 Å². The molecular weight excluding hydrogens is 336 g/mol. The Morgan fingerprint density at radius 1 is 1.38 bits per heavy atom. The van der Waals surface area contributed by atoms with Crippen molar-refractivity contribution in [3.63, 3.8) is 0 Å². The topological polar surface area (TPSA) is 63.6 Å². The van der Waals surface area contributed by atoms with Gasteiger partial charge < -0.3 is 9.84 Å². The Morgan fingerprint density at radius 2 is 2.05 bits per heavy atom. The average molecular weight is 355 g/mol. The van der Waals surface area contributed by atoms with E-state index in [4.69, 9.17) is 4.74 Å². The van der Waals surface area contributed by atoms with Gasteiger partial charge in [0.15, 0.2) is 5.41 Å². The molecule has 0 radical (unpaired) electrons.